The maximum atomic E-state index is 10.6. The highest BCUT2D eigenvalue weighted by Gasteiger charge is 2.41. The molecule has 11 heavy (non-hydrogen) atoms. The van der Waals surface area contributed by atoms with Crippen molar-refractivity contribution in [2.75, 3.05) is 12.0 Å². The molecule has 0 aromatic rings. The van der Waals surface area contributed by atoms with Gasteiger partial charge in [-0.25, -0.2) is 0 Å². The van der Waals surface area contributed by atoms with Gasteiger partial charge in [-0.05, 0) is 6.42 Å². The van der Waals surface area contributed by atoms with Gasteiger partial charge < -0.3 is 15.6 Å². The first-order valence-electron chi connectivity index (χ1n) is 3.50. The minimum absolute atomic E-state index is 0.172. The third kappa shape index (κ3) is 2.86. The highest BCUT2D eigenvalue weighted by atomic mass is 32.2. The van der Waals surface area contributed by atoms with Crippen molar-refractivity contribution in [3.05, 3.63) is 0 Å². The first-order valence-corrected chi connectivity index (χ1v) is 5.23. The standard InChI is InChI=1S/C6H13NO3S/c1-11(9)3-2-4(7)5-6(8)10-5/h4-6,8H,2-3,7H2,1H3/t4-,5?,6?,11?/m0/s1. The molecule has 0 aromatic heterocycles. The number of nitrogens with two attached hydrogens (primary N) is 1. The molecule has 0 bridgehead atoms. The molecule has 1 aliphatic rings. The number of hydrogen-bond donors (Lipinski definition) is 2. The van der Waals surface area contributed by atoms with Crippen molar-refractivity contribution in [2.45, 2.75) is 24.9 Å². The van der Waals surface area contributed by atoms with Crippen LogP contribution in [0.15, 0.2) is 0 Å². The van der Waals surface area contributed by atoms with Crippen molar-refractivity contribution in [3.63, 3.8) is 0 Å². The van der Waals surface area contributed by atoms with Crippen LogP contribution >= 0.6 is 0 Å². The van der Waals surface area contributed by atoms with E-state index in [4.69, 9.17) is 15.6 Å². The van der Waals surface area contributed by atoms with Crippen molar-refractivity contribution in [2.24, 2.45) is 5.73 Å². The molecule has 1 heterocycles. The van der Waals surface area contributed by atoms with Gasteiger partial charge in [-0.15, -0.1) is 0 Å². The largest absolute Gasteiger partial charge is 0.366 e. The number of hydrogen-bond acceptors (Lipinski definition) is 4. The normalized spacial score (nSPS) is 34.8. The average molecular weight is 179 g/mol. The van der Waals surface area contributed by atoms with Crippen LogP contribution in [0.2, 0.25) is 0 Å². The molecule has 0 spiro atoms. The van der Waals surface area contributed by atoms with Gasteiger partial charge in [0.2, 0.25) is 0 Å². The van der Waals surface area contributed by atoms with Crippen molar-refractivity contribution in [3.8, 4) is 0 Å². The van der Waals surface area contributed by atoms with Crippen molar-refractivity contribution in [1.29, 1.82) is 0 Å². The Morgan fingerprint density at radius 1 is 1.82 bits per heavy atom. The molecule has 1 fully saturated rings. The lowest BCUT2D eigenvalue weighted by Gasteiger charge is -2.04. The maximum absolute atomic E-state index is 10.6. The molecule has 0 aromatic carbocycles. The Balaban J connectivity index is 2.11. The lowest BCUT2D eigenvalue weighted by Crippen LogP contribution is -2.29. The summed E-state index contributed by atoms with van der Waals surface area (Å²) in [7, 11) is -0.803. The molecule has 5 heteroatoms. The van der Waals surface area contributed by atoms with E-state index in [1.165, 1.54) is 0 Å². The Labute approximate surface area is 68.2 Å². The van der Waals surface area contributed by atoms with E-state index in [1.807, 2.05) is 0 Å². The van der Waals surface area contributed by atoms with E-state index in [2.05, 4.69) is 0 Å². The molecule has 0 aliphatic carbocycles. The fraction of sp³-hybridized carbons (Fsp3) is 1.00. The van der Waals surface area contributed by atoms with Crippen LogP contribution in [0.4, 0.5) is 0 Å². The molecule has 3 unspecified atom stereocenters. The van der Waals surface area contributed by atoms with Crippen molar-refractivity contribution in [1.82, 2.24) is 0 Å². The summed E-state index contributed by atoms with van der Waals surface area (Å²) >= 11 is 0. The van der Waals surface area contributed by atoms with Gasteiger partial charge in [0.15, 0.2) is 6.29 Å². The summed E-state index contributed by atoms with van der Waals surface area (Å²) in [6.45, 7) is 0. The van der Waals surface area contributed by atoms with Gasteiger partial charge in [0.05, 0.1) is 0 Å². The first-order chi connectivity index (χ1) is 5.11. The molecule has 66 valence electrons. The van der Waals surface area contributed by atoms with Crippen LogP contribution in [-0.2, 0) is 15.5 Å². The molecule has 4 atom stereocenters. The summed E-state index contributed by atoms with van der Waals surface area (Å²) in [5, 5.41) is 8.78. The Hall–Kier alpha value is 0.0300. The molecule has 0 radical (unpaired) electrons. The monoisotopic (exact) mass is 179 g/mol. The predicted molar refractivity (Wildman–Crippen MR) is 42.4 cm³/mol. The first kappa shape index (κ1) is 9.12. The van der Waals surface area contributed by atoms with Crippen molar-refractivity contribution >= 4 is 10.8 Å². The van der Waals surface area contributed by atoms with Gasteiger partial charge in [0.25, 0.3) is 0 Å². The van der Waals surface area contributed by atoms with Crippen LogP contribution in [0.5, 0.6) is 0 Å². The van der Waals surface area contributed by atoms with Crippen LogP contribution in [0.25, 0.3) is 0 Å². The SMILES string of the molecule is CS(=O)CC[C@H](N)C1OC1O. The van der Waals surface area contributed by atoms with Crippen LogP contribution in [0, 0.1) is 0 Å². The molecule has 3 N–H and O–H groups in total. The van der Waals surface area contributed by atoms with Crippen LogP contribution in [0.1, 0.15) is 6.42 Å². The molecule has 0 amide bonds. The number of rotatable bonds is 4. The second-order valence-electron chi connectivity index (χ2n) is 2.72. The Morgan fingerprint density at radius 2 is 2.36 bits per heavy atom. The fourth-order valence-corrected chi connectivity index (χ4v) is 1.50. The molecule has 4 nitrogen and oxygen atoms in total. The number of epoxide rings is 1. The smallest absolute Gasteiger partial charge is 0.183 e. The summed E-state index contributed by atoms with van der Waals surface area (Å²) in [6, 6.07) is -0.172. The lowest BCUT2D eigenvalue weighted by atomic mass is 10.2. The van der Waals surface area contributed by atoms with E-state index in [-0.39, 0.29) is 12.1 Å². The minimum atomic E-state index is -0.803. The Kier molecular flexibility index (Phi) is 3.00. The predicted octanol–water partition coefficient (Wildman–Crippen LogP) is -1.20. The van der Waals surface area contributed by atoms with E-state index in [1.54, 1.807) is 6.26 Å². The summed E-state index contributed by atoms with van der Waals surface area (Å²) in [5.41, 5.74) is 5.60. The molecule has 1 saturated heterocycles. The number of ether oxygens (including phenoxy) is 1. The highest BCUT2D eigenvalue weighted by Crippen LogP contribution is 2.22. The van der Waals surface area contributed by atoms with Gasteiger partial charge in [0, 0.05) is 28.9 Å². The fourth-order valence-electron chi connectivity index (χ4n) is 0.894. The summed E-state index contributed by atoms with van der Waals surface area (Å²) in [6.07, 6.45) is 1.37. The summed E-state index contributed by atoms with van der Waals surface area (Å²) in [5.74, 6) is 0.577. The average Bonchev–Trinajstić information content (AvgIpc) is 2.61. The molecule has 1 rings (SSSR count). The Morgan fingerprint density at radius 3 is 2.73 bits per heavy atom. The molecule has 1 aliphatic heterocycles. The topological polar surface area (TPSA) is 75.9 Å². The zero-order valence-corrected chi connectivity index (χ0v) is 7.21. The third-order valence-corrected chi connectivity index (χ3v) is 2.47. The van der Waals surface area contributed by atoms with E-state index < -0.39 is 17.1 Å². The molecule has 0 saturated carbocycles. The van der Waals surface area contributed by atoms with Crippen LogP contribution in [-0.4, -0.2) is 39.8 Å². The zero-order valence-electron chi connectivity index (χ0n) is 6.40. The Bertz CT molecular complexity index is 164. The highest BCUT2D eigenvalue weighted by molar-refractivity contribution is 7.84. The lowest BCUT2D eigenvalue weighted by molar-refractivity contribution is 0.155. The quantitative estimate of drug-likeness (QED) is 0.531. The van der Waals surface area contributed by atoms with Gasteiger partial charge in [0.1, 0.15) is 6.10 Å². The zero-order chi connectivity index (χ0) is 8.43. The van der Waals surface area contributed by atoms with Crippen molar-refractivity contribution < 1.29 is 14.1 Å². The number of aliphatic hydroxyl groups excluding tert-OH is 1. The van der Waals surface area contributed by atoms with E-state index >= 15 is 0 Å². The second-order valence-corrected chi connectivity index (χ2v) is 4.28. The molecular weight excluding hydrogens is 166 g/mol. The van der Waals surface area contributed by atoms with Gasteiger partial charge in [-0.2, -0.15) is 0 Å². The molecular formula is C6H13NO3S. The van der Waals surface area contributed by atoms with Crippen LogP contribution < -0.4 is 5.73 Å². The maximum Gasteiger partial charge on any atom is 0.183 e. The number of aliphatic hydroxyl groups is 1. The van der Waals surface area contributed by atoms with Gasteiger partial charge in [-0.3, -0.25) is 4.21 Å². The minimum Gasteiger partial charge on any atom is -0.366 e. The summed E-state index contributed by atoms with van der Waals surface area (Å²) < 4.78 is 15.4. The second kappa shape index (κ2) is 3.62. The van der Waals surface area contributed by atoms with E-state index in [0.717, 1.165) is 0 Å². The van der Waals surface area contributed by atoms with Gasteiger partial charge >= 0.3 is 0 Å². The van der Waals surface area contributed by atoms with E-state index in [9.17, 15) is 4.21 Å². The van der Waals surface area contributed by atoms with Crippen LogP contribution in [0.3, 0.4) is 0 Å². The summed E-state index contributed by atoms with van der Waals surface area (Å²) in [4.78, 5) is 0. The third-order valence-electron chi connectivity index (χ3n) is 1.66. The van der Waals surface area contributed by atoms with Gasteiger partial charge in [-0.1, -0.05) is 0 Å². The van der Waals surface area contributed by atoms with E-state index in [0.29, 0.717) is 12.2 Å².